The van der Waals surface area contributed by atoms with Crippen LogP contribution < -0.4 is 0 Å². The van der Waals surface area contributed by atoms with Crippen LogP contribution in [0.5, 0.6) is 0 Å². The summed E-state index contributed by atoms with van der Waals surface area (Å²) in [6.07, 6.45) is 3.92. The topological polar surface area (TPSA) is 56.4 Å². The van der Waals surface area contributed by atoms with Gasteiger partial charge in [0.1, 0.15) is 0 Å². The molecular formula is C19H23N3O2. The number of ketones is 1. The molecule has 1 aliphatic heterocycles. The molecule has 1 amide bonds. The third-order valence-electron chi connectivity index (χ3n) is 5.33. The fourth-order valence-corrected chi connectivity index (χ4v) is 3.58. The largest absolute Gasteiger partial charge is 0.360 e. The summed E-state index contributed by atoms with van der Waals surface area (Å²) >= 11 is 0. The van der Waals surface area contributed by atoms with Crippen LogP contribution in [0.1, 0.15) is 30.1 Å². The molecule has 5 nitrogen and oxygen atoms in total. The maximum Gasteiger partial charge on any atom is 0.225 e. The molecule has 1 saturated carbocycles. The number of nitrogens with zero attached hydrogens (tertiary/aromatic N) is 2. The summed E-state index contributed by atoms with van der Waals surface area (Å²) in [5, 5.41) is 0.983. The zero-order chi connectivity index (χ0) is 16.7. The Hall–Kier alpha value is -2.14. The molecule has 2 heterocycles. The predicted octanol–water partition coefficient (Wildman–Crippen LogP) is 2.29. The highest BCUT2D eigenvalue weighted by molar-refractivity contribution is 6.10. The van der Waals surface area contributed by atoms with E-state index in [1.165, 1.54) is 0 Å². The van der Waals surface area contributed by atoms with Crippen LogP contribution >= 0.6 is 0 Å². The van der Waals surface area contributed by atoms with Crippen molar-refractivity contribution in [2.45, 2.75) is 25.8 Å². The lowest BCUT2D eigenvalue weighted by Gasteiger charge is -2.37. The van der Waals surface area contributed by atoms with E-state index in [1.54, 1.807) is 0 Å². The molecule has 2 fully saturated rings. The second kappa shape index (κ2) is 6.06. The van der Waals surface area contributed by atoms with Crippen molar-refractivity contribution in [2.75, 3.05) is 26.2 Å². The van der Waals surface area contributed by atoms with E-state index < -0.39 is 0 Å². The average Bonchev–Trinajstić information content (AvgIpc) is 3.39. The molecule has 0 unspecified atom stereocenters. The lowest BCUT2D eigenvalue weighted by molar-refractivity contribution is -0.134. The zero-order valence-corrected chi connectivity index (χ0v) is 14.0. The van der Waals surface area contributed by atoms with Crippen molar-refractivity contribution in [3.63, 3.8) is 0 Å². The molecule has 2 aliphatic rings. The van der Waals surface area contributed by atoms with Crippen molar-refractivity contribution in [1.29, 1.82) is 0 Å². The number of fused-ring (bicyclic) bond motifs is 1. The summed E-state index contributed by atoms with van der Waals surface area (Å²) in [7, 11) is 0. The summed E-state index contributed by atoms with van der Waals surface area (Å²) in [6, 6.07) is 7.73. The van der Waals surface area contributed by atoms with E-state index >= 15 is 0 Å². The second-order valence-electron chi connectivity index (χ2n) is 6.92. The molecule has 126 valence electrons. The first-order valence-electron chi connectivity index (χ1n) is 8.78. The van der Waals surface area contributed by atoms with Gasteiger partial charge in [-0.3, -0.25) is 14.5 Å². The summed E-state index contributed by atoms with van der Waals surface area (Å²) in [5.41, 5.74) is 1.75. The monoisotopic (exact) mass is 325 g/mol. The maximum atomic E-state index is 12.9. The highest BCUT2D eigenvalue weighted by atomic mass is 16.2. The van der Waals surface area contributed by atoms with Crippen LogP contribution in [0.2, 0.25) is 0 Å². The molecule has 24 heavy (non-hydrogen) atoms. The summed E-state index contributed by atoms with van der Waals surface area (Å²) in [4.78, 5) is 32.4. The lowest BCUT2D eigenvalue weighted by Crippen LogP contribution is -2.53. The van der Waals surface area contributed by atoms with Gasteiger partial charge in [0.25, 0.3) is 0 Å². The minimum Gasteiger partial charge on any atom is -0.360 e. The van der Waals surface area contributed by atoms with E-state index in [0.29, 0.717) is 5.91 Å². The number of benzene rings is 1. The van der Waals surface area contributed by atoms with Gasteiger partial charge in [-0.25, -0.2) is 0 Å². The second-order valence-corrected chi connectivity index (χ2v) is 6.92. The molecule has 0 bridgehead atoms. The van der Waals surface area contributed by atoms with Crippen LogP contribution in [-0.4, -0.2) is 58.7 Å². The van der Waals surface area contributed by atoms with Crippen molar-refractivity contribution in [1.82, 2.24) is 14.8 Å². The van der Waals surface area contributed by atoms with Crippen LogP contribution in [0.25, 0.3) is 10.9 Å². The number of rotatable bonds is 4. The van der Waals surface area contributed by atoms with Crippen molar-refractivity contribution in [3.8, 4) is 0 Å². The SMILES string of the molecule is C[C@@H](C(=O)c1c[nH]c2ccccc12)N1CCN(C(=O)C2CC2)CC1. The molecule has 1 N–H and O–H groups in total. The Balaban J connectivity index is 1.43. The highest BCUT2D eigenvalue weighted by Gasteiger charge is 2.35. The van der Waals surface area contributed by atoms with Gasteiger partial charge in [-0.05, 0) is 25.8 Å². The van der Waals surface area contributed by atoms with E-state index in [9.17, 15) is 9.59 Å². The molecule has 4 rings (SSSR count). The van der Waals surface area contributed by atoms with Crippen LogP contribution in [0, 0.1) is 5.92 Å². The predicted molar refractivity (Wildman–Crippen MR) is 93.0 cm³/mol. The fourth-order valence-electron chi connectivity index (χ4n) is 3.58. The molecule has 1 aromatic heterocycles. The standard InChI is InChI=1S/C19H23N3O2/c1-13(18(23)16-12-20-17-5-3-2-4-15(16)17)21-8-10-22(11-9-21)19(24)14-6-7-14/h2-5,12-14,20H,6-11H2,1H3/t13-/m0/s1. The van der Waals surface area contributed by atoms with Crippen molar-refractivity contribution < 1.29 is 9.59 Å². The number of amides is 1. The minimum atomic E-state index is -0.164. The number of nitrogens with one attached hydrogen (secondary N) is 1. The Labute approximate surface area is 141 Å². The highest BCUT2D eigenvalue weighted by Crippen LogP contribution is 2.31. The van der Waals surface area contributed by atoms with Gasteiger partial charge in [-0.1, -0.05) is 18.2 Å². The van der Waals surface area contributed by atoms with Gasteiger partial charge in [0.05, 0.1) is 6.04 Å². The third-order valence-corrected chi connectivity index (χ3v) is 5.33. The van der Waals surface area contributed by atoms with Gasteiger partial charge >= 0.3 is 0 Å². The van der Waals surface area contributed by atoms with Gasteiger partial charge in [-0.15, -0.1) is 0 Å². The van der Waals surface area contributed by atoms with Gasteiger partial charge in [0, 0.05) is 54.8 Å². The molecule has 1 aromatic carbocycles. The van der Waals surface area contributed by atoms with Gasteiger partial charge in [0.2, 0.25) is 5.91 Å². The molecule has 1 saturated heterocycles. The first kappa shape index (κ1) is 15.4. The van der Waals surface area contributed by atoms with Crippen molar-refractivity contribution >= 4 is 22.6 Å². The van der Waals surface area contributed by atoms with Gasteiger partial charge in [0.15, 0.2) is 5.78 Å². The average molecular weight is 325 g/mol. The number of piperazine rings is 1. The molecule has 2 aromatic rings. The lowest BCUT2D eigenvalue weighted by atomic mass is 10.0. The van der Waals surface area contributed by atoms with Crippen LogP contribution in [0.3, 0.4) is 0 Å². The number of aromatic amines is 1. The smallest absolute Gasteiger partial charge is 0.225 e. The van der Waals surface area contributed by atoms with Crippen LogP contribution in [0.15, 0.2) is 30.5 Å². The van der Waals surface area contributed by atoms with E-state index in [2.05, 4.69) is 9.88 Å². The number of hydrogen-bond donors (Lipinski definition) is 1. The molecular weight excluding hydrogens is 302 g/mol. The Morgan fingerprint density at radius 3 is 2.54 bits per heavy atom. The normalized spacial score (nSPS) is 20.3. The van der Waals surface area contributed by atoms with Gasteiger partial charge in [-0.2, -0.15) is 0 Å². The number of hydrogen-bond acceptors (Lipinski definition) is 3. The van der Waals surface area contributed by atoms with Crippen molar-refractivity contribution in [2.24, 2.45) is 5.92 Å². The van der Waals surface area contributed by atoms with E-state index in [-0.39, 0.29) is 17.7 Å². The Morgan fingerprint density at radius 1 is 1.12 bits per heavy atom. The summed E-state index contributed by atoms with van der Waals surface area (Å²) in [5.74, 6) is 0.738. The Kier molecular flexibility index (Phi) is 3.88. The first-order chi connectivity index (χ1) is 11.6. The molecule has 5 heteroatoms. The number of Topliss-reactive ketones (excluding diaryl/α,β-unsaturated/α-hetero) is 1. The fraction of sp³-hybridized carbons (Fsp3) is 0.474. The van der Waals surface area contributed by atoms with Crippen LogP contribution in [0.4, 0.5) is 0 Å². The number of carbonyl (C=O) groups excluding carboxylic acids is 2. The third kappa shape index (κ3) is 2.73. The van der Waals surface area contributed by atoms with E-state index in [4.69, 9.17) is 0 Å². The Bertz CT molecular complexity index is 770. The summed E-state index contributed by atoms with van der Waals surface area (Å²) < 4.78 is 0. The molecule has 1 atom stereocenters. The van der Waals surface area contributed by atoms with Crippen LogP contribution in [-0.2, 0) is 4.79 Å². The van der Waals surface area contributed by atoms with Gasteiger partial charge < -0.3 is 9.88 Å². The molecule has 0 radical (unpaired) electrons. The summed E-state index contributed by atoms with van der Waals surface area (Å²) in [6.45, 7) is 4.99. The molecule has 0 spiro atoms. The van der Waals surface area contributed by atoms with Crippen molar-refractivity contribution in [3.05, 3.63) is 36.0 Å². The van der Waals surface area contributed by atoms with E-state index in [1.807, 2.05) is 42.3 Å². The molecule has 1 aliphatic carbocycles. The zero-order valence-electron chi connectivity index (χ0n) is 14.0. The first-order valence-corrected chi connectivity index (χ1v) is 8.78. The number of carbonyl (C=O) groups is 2. The maximum absolute atomic E-state index is 12.9. The number of aromatic nitrogens is 1. The number of H-pyrrole nitrogens is 1. The quantitative estimate of drug-likeness (QED) is 0.878. The van der Waals surface area contributed by atoms with E-state index in [0.717, 1.165) is 55.5 Å². The Morgan fingerprint density at radius 2 is 1.83 bits per heavy atom. The minimum absolute atomic E-state index is 0.148. The number of para-hydroxylation sites is 1.